The Morgan fingerprint density at radius 2 is 2.30 bits per heavy atom. The first kappa shape index (κ1) is 7.13. The Labute approximate surface area is 62.1 Å². The second-order valence-electron chi connectivity index (χ2n) is 2.60. The van der Waals surface area contributed by atoms with Crippen LogP contribution in [0.25, 0.3) is 0 Å². The largest absolute Gasteiger partial charge is 0.359 e. The maximum Gasteiger partial charge on any atom is 0.0371 e. The molecule has 0 aliphatic carbocycles. The number of allylic oxidation sites excluding steroid dienone is 3. The van der Waals surface area contributed by atoms with Gasteiger partial charge in [0.2, 0.25) is 0 Å². The molecule has 1 aliphatic rings. The highest BCUT2D eigenvalue weighted by Gasteiger charge is 2.09. The van der Waals surface area contributed by atoms with E-state index in [0.29, 0.717) is 0 Å². The van der Waals surface area contributed by atoms with E-state index in [4.69, 9.17) is 0 Å². The number of nitrogens with one attached hydrogen (secondary N) is 1. The molecule has 0 radical (unpaired) electrons. The van der Waals surface area contributed by atoms with E-state index in [-0.39, 0.29) is 0 Å². The summed E-state index contributed by atoms with van der Waals surface area (Å²) in [6, 6.07) is 0. The minimum absolute atomic E-state index is 1.000. The molecule has 54 valence electrons. The van der Waals surface area contributed by atoms with Crippen molar-refractivity contribution < 1.29 is 0 Å². The quantitative estimate of drug-likeness (QED) is 0.582. The Balaban J connectivity index is 2.75. The molecule has 1 heterocycles. The highest BCUT2D eigenvalue weighted by molar-refractivity contribution is 5.34. The summed E-state index contributed by atoms with van der Waals surface area (Å²) in [4.78, 5) is 0. The van der Waals surface area contributed by atoms with Crippen molar-refractivity contribution in [1.29, 1.82) is 0 Å². The average molecular weight is 135 g/mol. The van der Waals surface area contributed by atoms with Gasteiger partial charge in [0.1, 0.15) is 0 Å². The molecular weight excluding hydrogens is 122 g/mol. The van der Waals surface area contributed by atoms with Gasteiger partial charge in [-0.2, -0.15) is 0 Å². The molecule has 0 atom stereocenters. The summed E-state index contributed by atoms with van der Waals surface area (Å²) in [6.45, 7) is 7.99. The van der Waals surface area contributed by atoms with Gasteiger partial charge in [0.15, 0.2) is 0 Å². The highest BCUT2D eigenvalue weighted by Crippen LogP contribution is 2.19. The smallest absolute Gasteiger partial charge is 0.0371 e. The third-order valence-corrected chi connectivity index (χ3v) is 1.58. The van der Waals surface area contributed by atoms with Gasteiger partial charge in [0, 0.05) is 17.8 Å². The van der Waals surface area contributed by atoms with Gasteiger partial charge in [-0.1, -0.05) is 12.7 Å². The molecule has 0 spiro atoms. The molecular formula is C9H13N. The topological polar surface area (TPSA) is 12.0 Å². The molecule has 1 heteroatoms. The Hall–Kier alpha value is -0.980. The van der Waals surface area contributed by atoms with Gasteiger partial charge in [0.25, 0.3) is 0 Å². The molecule has 0 amide bonds. The molecule has 1 nitrogen and oxygen atoms in total. The summed E-state index contributed by atoms with van der Waals surface area (Å²) in [5, 5.41) is 3.20. The number of hydrogen-bond acceptors (Lipinski definition) is 1. The molecule has 0 aromatic heterocycles. The van der Waals surface area contributed by atoms with Crippen molar-refractivity contribution in [2.75, 3.05) is 0 Å². The average Bonchev–Trinajstić information content (AvgIpc) is 2.13. The van der Waals surface area contributed by atoms with Gasteiger partial charge in [-0.05, 0) is 25.5 Å². The molecule has 0 fully saturated rings. The first-order chi connectivity index (χ1) is 4.74. The van der Waals surface area contributed by atoms with Gasteiger partial charge in [-0.3, -0.25) is 0 Å². The minimum Gasteiger partial charge on any atom is -0.359 e. The van der Waals surface area contributed by atoms with Crippen LogP contribution in [0.15, 0.2) is 35.7 Å². The van der Waals surface area contributed by atoms with Gasteiger partial charge in [-0.25, -0.2) is 0 Å². The summed E-state index contributed by atoms with van der Waals surface area (Å²) >= 11 is 0. The monoisotopic (exact) mass is 135 g/mol. The summed E-state index contributed by atoms with van der Waals surface area (Å²) < 4.78 is 0. The van der Waals surface area contributed by atoms with Crippen LogP contribution in [-0.2, 0) is 0 Å². The van der Waals surface area contributed by atoms with Crippen LogP contribution in [0, 0.1) is 0 Å². The summed E-state index contributed by atoms with van der Waals surface area (Å²) in [5.41, 5.74) is 3.70. The Morgan fingerprint density at radius 1 is 1.60 bits per heavy atom. The van der Waals surface area contributed by atoms with E-state index >= 15 is 0 Å². The third-order valence-electron chi connectivity index (χ3n) is 1.58. The van der Waals surface area contributed by atoms with Crippen LogP contribution in [0.4, 0.5) is 0 Å². The molecule has 1 aliphatic heterocycles. The van der Waals surface area contributed by atoms with Gasteiger partial charge < -0.3 is 5.32 Å². The second-order valence-corrected chi connectivity index (χ2v) is 2.60. The van der Waals surface area contributed by atoms with Crippen LogP contribution in [-0.4, -0.2) is 0 Å². The normalized spacial score (nSPS) is 18.8. The highest BCUT2D eigenvalue weighted by atomic mass is 14.9. The zero-order valence-electron chi connectivity index (χ0n) is 6.57. The van der Waals surface area contributed by atoms with Crippen molar-refractivity contribution in [3.63, 3.8) is 0 Å². The lowest BCUT2D eigenvalue weighted by molar-refractivity contribution is 1.04. The lowest BCUT2D eigenvalue weighted by Crippen LogP contribution is -2.01. The zero-order chi connectivity index (χ0) is 7.56. The predicted octanol–water partition coefficient (Wildman–Crippen LogP) is 2.34. The Kier molecular flexibility index (Phi) is 1.95. The third kappa shape index (κ3) is 1.29. The van der Waals surface area contributed by atoms with Crippen molar-refractivity contribution in [3.8, 4) is 0 Å². The molecule has 0 bridgehead atoms. The van der Waals surface area contributed by atoms with Crippen LogP contribution in [0.2, 0.25) is 0 Å². The van der Waals surface area contributed by atoms with Crippen LogP contribution >= 0.6 is 0 Å². The molecule has 0 aromatic rings. The van der Waals surface area contributed by atoms with Gasteiger partial charge >= 0.3 is 0 Å². The van der Waals surface area contributed by atoms with E-state index in [9.17, 15) is 0 Å². The van der Waals surface area contributed by atoms with E-state index in [1.54, 1.807) is 0 Å². The van der Waals surface area contributed by atoms with E-state index in [1.165, 1.54) is 11.3 Å². The molecule has 0 aromatic carbocycles. The van der Waals surface area contributed by atoms with E-state index in [1.807, 2.05) is 13.0 Å². The van der Waals surface area contributed by atoms with Crippen molar-refractivity contribution >= 4 is 0 Å². The van der Waals surface area contributed by atoms with Crippen LogP contribution in [0.3, 0.4) is 0 Å². The fourth-order valence-electron chi connectivity index (χ4n) is 1.11. The van der Waals surface area contributed by atoms with Crippen molar-refractivity contribution in [2.24, 2.45) is 0 Å². The maximum absolute atomic E-state index is 3.85. The van der Waals surface area contributed by atoms with Crippen LogP contribution in [0.5, 0.6) is 0 Å². The van der Waals surface area contributed by atoms with Crippen molar-refractivity contribution in [1.82, 2.24) is 5.32 Å². The molecule has 1 rings (SSSR count). The molecule has 0 saturated heterocycles. The minimum atomic E-state index is 1.000. The van der Waals surface area contributed by atoms with E-state index < -0.39 is 0 Å². The van der Waals surface area contributed by atoms with Crippen molar-refractivity contribution in [2.45, 2.75) is 20.3 Å². The predicted molar refractivity (Wildman–Crippen MR) is 44.4 cm³/mol. The lowest BCUT2D eigenvalue weighted by atomic mass is 10.2. The van der Waals surface area contributed by atoms with E-state index in [2.05, 4.69) is 24.9 Å². The fourth-order valence-corrected chi connectivity index (χ4v) is 1.11. The molecule has 1 N–H and O–H groups in total. The standard InChI is InChI=1S/C9H13N/c1-4-5-9-7(2)6-8(3)10-9/h4-5,10H,3,6H2,1-2H3/b5-4-. The second kappa shape index (κ2) is 2.74. The summed E-state index contributed by atoms with van der Waals surface area (Å²) in [7, 11) is 0. The fraction of sp³-hybridized carbons (Fsp3) is 0.333. The van der Waals surface area contributed by atoms with Crippen LogP contribution < -0.4 is 5.32 Å². The van der Waals surface area contributed by atoms with Crippen molar-refractivity contribution in [3.05, 3.63) is 35.7 Å². The zero-order valence-corrected chi connectivity index (χ0v) is 6.57. The maximum atomic E-state index is 3.85. The lowest BCUT2D eigenvalue weighted by Gasteiger charge is -1.96. The summed E-state index contributed by atoms with van der Waals surface area (Å²) in [6.07, 6.45) is 5.11. The SMILES string of the molecule is C=C1CC(C)=C(/C=C\C)N1. The Morgan fingerprint density at radius 3 is 2.70 bits per heavy atom. The molecule has 0 saturated carbocycles. The molecule has 10 heavy (non-hydrogen) atoms. The van der Waals surface area contributed by atoms with Crippen LogP contribution in [0.1, 0.15) is 20.3 Å². The van der Waals surface area contributed by atoms with Gasteiger partial charge in [0.05, 0.1) is 0 Å². The first-order valence-electron chi connectivity index (χ1n) is 3.51. The van der Waals surface area contributed by atoms with E-state index in [0.717, 1.165) is 12.1 Å². The summed E-state index contributed by atoms with van der Waals surface area (Å²) in [5.74, 6) is 0. The molecule has 0 unspecified atom stereocenters. The number of rotatable bonds is 1. The van der Waals surface area contributed by atoms with Gasteiger partial charge in [-0.15, -0.1) is 0 Å². The Bertz CT molecular complexity index is 209. The first-order valence-corrected chi connectivity index (χ1v) is 3.51. The number of hydrogen-bond donors (Lipinski definition) is 1.